The molecule has 4 nitrogen and oxygen atoms in total. The fraction of sp³-hybridized carbons (Fsp3) is 0.357. The van der Waals surface area contributed by atoms with E-state index in [9.17, 15) is 4.79 Å². The second-order valence-electron chi connectivity index (χ2n) is 4.10. The number of benzene rings is 1. The average molecular weight is 247 g/mol. The van der Waals surface area contributed by atoms with Crippen LogP contribution in [0.25, 0.3) is 0 Å². The lowest BCUT2D eigenvalue weighted by Gasteiger charge is -2.02. The van der Waals surface area contributed by atoms with Crippen LogP contribution in [0, 0.1) is 0 Å². The van der Waals surface area contributed by atoms with Crippen molar-refractivity contribution in [2.75, 3.05) is 13.2 Å². The molecule has 0 aliphatic carbocycles. The van der Waals surface area contributed by atoms with Gasteiger partial charge in [0.15, 0.2) is 0 Å². The van der Waals surface area contributed by atoms with E-state index in [1.807, 2.05) is 42.5 Å². The van der Waals surface area contributed by atoms with Crippen molar-refractivity contribution in [1.29, 1.82) is 0 Å². The van der Waals surface area contributed by atoms with Crippen LogP contribution in [0.1, 0.15) is 12.0 Å². The molecule has 0 unspecified atom stereocenters. The van der Waals surface area contributed by atoms with E-state index in [-0.39, 0.29) is 12.1 Å². The quantitative estimate of drug-likeness (QED) is 0.619. The second kappa shape index (κ2) is 6.81. The van der Waals surface area contributed by atoms with Crippen LogP contribution in [-0.2, 0) is 16.1 Å². The van der Waals surface area contributed by atoms with E-state index in [4.69, 9.17) is 9.47 Å². The molecule has 18 heavy (non-hydrogen) atoms. The highest BCUT2D eigenvalue weighted by Gasteiger charge is 2.18. The minimum absolute atomic E-state index is 0.00613. The molecule has 0 aromatic heterocycles. The molecule has 1 aliphatic heterocycles. The molecule has 1 aromatic carbocycles. The van der Waals surface area contributed by atoms with Gasteiger partial charge in [0.25, 0.3) is 0 Å². The van der Waals surface area contributed by atoms with E-state index in [2.05, 4.69) is 5.32 Å². The molecule has 0 radical (unpaired) electrons. The van der Waals surface area contributed by atoms with Crippen molar-refractivity contribution < 1.29 is 14.3 Å². The molecule has 0 bridgehead atoms. The molecule has 1 saturated heterocycles. The Balaban J connectivity index is 1.56. The van der Waals surface area contributed by atoms with E-state index in [1.54, 1.807) is 0 Å². The summed E-state index contributed by atoms with van der Waals surface area (Å²) in [5, 5.41) is 2.68. The number of hydrogen-bond acceptors (Lipinski definition) is 3. The van der Waals surface area contributed by atoms with Crippen LogP contribution in [0.15, 0.2) is 42.5 Å². The number of carbonyl (C=O) groups excluding carboxylic acids is 1. The van der Waals surface area contributed by atoms with Gasteiger partial charge in [-0.05, 0) is 12.0 Å². The first-order chi connectivity index (χ1) is 8.84. The van der Waals surface area contributed by atoms with Crippen LogP contribution in [0.4, 0.5) is 4.79 Å². The maximum atomic E-state index is 10.8. The third-order valence-corrected chi connectivity index (χ3v) is 2.61. The van der Waals surface area contributed by atoms with Gasteiger partial charge in [-0.3, -0.25) is 0 Å². The van der Waals surface area contributed by atoms with Gasteiger partial charge in [-0.1, -0.05) is 42.5 Å². The maximum absolute atomic E-state index is 10.8. The minimum Gasteiger partial charge on any atom is -0.447 e. The highest BCUT2D eigenvalue weighted by molar-refractivity contribution is 5.70. The molecule has 1 aromatic rings. The highest BCUT2D eigenvalue weighted by Crippen LogP contribution is 2.02. The Morgan fingerprint density at radius 3 is 2.94 bits per heavy atom. The molecule has 0 spiro atoms. The molecule has 1 atom stereocenters. The van der Waals surface area contributed by atoms with Gasteiger partial charge in [-0.2, -0.15) is 0 Å². The first-order valence-corrected chi connectivity index (χ1v) is 6.06. The van der Waals surface area contributed by atoms with Crippen molar-refractivity contribution in [1.82, 2.24) is 5.32 Å². The molecule has 1 amide bonds. The van der Waals surface area contributed by atoms with Crippen molar-refractivity contribution in [2.45, 2.75) is 19.1 Å². The fourth-order valence-corrected chi connectivity index (χ4v) is 1.68. The van der Waals surface area contributed by atoms with Crippen LogP contribution in [0.5, 0.6) is 0 Å². The van der Waals surface area contributed by atoms with E-state index in [0.717, 1.165) is 6.42 Å². The van der Waals surface area contributed by atoms with E-state index >= 15 is 0 Å². The van der Waals surface area contributed by atoms with Crippen molar-refractivity contribution >= 4 is 6.09 Å². The zero-order chi connectivity index (χ0) is 12.6. The smallest absolute Gasteiger partial charge is 0.407 e. The Hall–Kier alpha value is -1.81. The lowest BCUT2D eigenvalue weighted by Crippen LogP contribution is -2.23. The summed E-state index contributed by atoms with van der Waals surface area (Å²) in [6, 6.07) is 10.1. The number of ether oxygens (including phenoxy) is 2. The van der Waals surface area contributed by atoms with Gasteiger partial charge < -0.3 is 14.8 Å². The summed E-state index contributed by atoms with van der Waals surface area (Å²) in [5.41, 5.74) is 1.18. The second-order valence-corrected chi connectivity index (χ2v) is 4.10. The number of nitrogens with one attached hydrogen (secondary N) is 1. The minimum atomic E-state index is -0.343. The van der Waals surface area contributed by atoms with Gasteiger partial charge in [0.1, 0.15) is 6.61 Å². The van der Waals surface area contributed by atoms with Crippen molar-refractivity contribution in [3.05, 3.63) is 48.0 Å². The zero-order valence-electron chi connectivity index (χ0n) is 10.2. The molecule has 4 heteroatoms. The normalized spacial score (nSPS) is 18.9. The SMILES string of the molecule is O=C1N[C@H](/C=C/CCOCc2ccccc2)CO1. The number of cyclic esters (lactones) is 1. The standard InChI is InChI=1S/C14H17NO3/c16-14-15-13(11-18-14)8-4-5-9-17-10-12-6-2-1-3-7-12/h1-4,6-8,13H,5,9-11H2,(H,15,16)/b8-4+/t13-/m1/s1. The number of carbonyl (C=O) groups is 1. The van der Waals surface area contributed by atoms with Crippen LogP contribution in [0.3, 0.4) is 0 Å². The summed E-state index contributed by atoms with van der Waals surface area (Å²) in [4.78, 5) is 10.8. The van der Waals surface area contributed by atoms with E-state index in [0.29, 0.717) is 19.8 Å². The molecule has 0 saturated carbocycles. The Kier molecular flexibility index (Phi) is 4.78. The molecular formula is C14H17NO3. The van der Waals surface area contributed by atoms with Gasteiger partial charge >= 0.3 is 6.09 Å². The van der Waals surface area contributed by atoms with Crippen molar-refractivity contribution in [3.8, 4) is 0 Å². The summed E-state index contributed by atoms with van der Waals surface area (Å²) >= 11 is 0. The topological polar surface area (TPSA) is 47.6 Å². The number of amides is 1. The molecular weight excluding hydrogens is 230 g/mol. The number of hydrogen-bond donors (Lipinski definition) is 1. The van der Waals surface area contributed by atoms with Crippen molar-refractivity contribution in [3.63, 3.8) is 0 Å². The number of alkyl carbamates (subject to hydrolysis) is 1. The summed E-state index contributed by atoms with van der Waals surface area (Å²) in [7, 11) is 0. The van der Waals surface area contributed by atoms with Gasteiger partial charge in [-0.15, -0.1) is 0 Å². The van der Waals surface area contributed by atoms with E-state index < -0.39 is 0 Å². The van der Waals surface area contributed by atoms with Crippen LogP contribution in [0.2, 0.25) is 0 Å². The first kappa shape index (κ1) is 12.6. The molecule has 1 N–H and O–H groups in total. The van der Waals surface area contributed by atoms with Crippen LogP contribution in [-0.4, -0.2) is 25.3 Å². The molecule has 1 aliphatic rings. The highest BCUT2D eigenvalue weighted by atomic mass is 16.6. The van der Waals surface area contributed by atoms with Crippen LogP contribution >= 0.6 is 0 Å². The predicted octanol–water partition coefficient (Wildman–Crippen LogP) is 2.26. The van der Waals surface area contributed by atoms with Crippen molar-refractivity contribution in [2.24, 2.45) is 0 Å². The third kappa shape index (κ3) is 4.22. The van der Waals surface area contributed by atoms with Crippen LogP contribution < -0.4 is 5.32 Å². The van der Waals surface area contributed by atoms with Gasteiger partial charge in [0.2, 0.25) is 0 Å². The van der Waals surface area contributed by atoms with Gasteiger partial charge in [0.05, 0.1) is 19.3 Å². The lowest BCUT2D eigenvalue weighted by atomic mass is 10.2. The van der Waals surface area contributed by atoms with Gasteiger partial charge in [0, 0.05) is 0 Å². The average Bonchev–Trinajstić information content (AvgIpc) is 2.81. The molecule has 96 valence electrons. The zero-order valence-corrected chi connectivity index (χ0v) is 10.2. The fourth-order valence-electron chi connectivity index (χ4n) is 1.68. The Morgan fingerprint density at radius 1 is 1.39 bits per heavy atom. The predicted molar refractivity (Wildman–Crippen MR) is 68.1 cm³/mol. The third-order valence-electron chi connectivity index (χ3n) is 2.61. The summed E-state index contributed by atoms with van der Waals surface area (Å²) in [6.07, 6.45) is 4.44. The summed E-state index contributed by atoms with van der Waals surface area (Å²) in [6.45, 7) is 1.73. The van der Waals surface area contributed by atoms with E-state index in [1.165, 1.54) is 5.56 Å². The first-order valence-electron chi connectivity index (χ1n) is 6.06. The molecule has 2 rings (SSSR count). The monoisotopic (exact) mass is 247 g/mol. The summed E-state index contributed by atoms with van der Waals surface area (Å²) < 4.78 is 10.3. The maximum Gasteiger partial charge on any atom is 0.407 e. The molecule has 1 fully saturated rings. The Bertz CT molecular complexity index is 403. The Morgan fingerprint density at radius 2 is 2.22 bits per heavy atom. The summed E-state index contributed by atoms with van der Waals surface area (Å²) in [5.74, 6) is 0. The number of rotatable bonds is 6. The van der Waals surface area contributed by atoms with Gasteiger partial charge in [-0.25, -0.2) is 4.79 Å². The lowest BCUT2D eigenvalue weighted by molar-refractivity contribution is 0.125. The largest absolute Gasteiger partial charge is 0.447 e. The molecule has 1 heterocycles. The Labute approximate surface area is 107 Å².